The van der Waals surface area contributed by atoms with Crippen molar-refractivity contribution in [2.75, 3.05) is 0 Å². The minimum absolute atomic E-state index is 0.0856. The maximum absolute atomic E-state index is 14.8. The second-order valence-corrected chi connectivity index (χ2v) is 20.9. The molecule has 8 fully saturated rings. The van der Waals surface area contributed by atoms with Crippen molar-refractivity contribution in [2.45, 2.75) is 134 Å². The van der Waals surface area contributed by atoms with Crippen LogP contribution in [0.2, 0.25) is 0 Å². The number of Topliss-reactive ketones (excluding diaryl/α,β-unsaturated/α-hetero) is 1. The molecule has 1 aromatic carbocycles. The third-order valence-corrected chi connectivity index (χ3v) is 18.5. The number of benzene rings is 1. The summed E-state index contributed by atoms with van der Waals surface area (Å²) in [5.41, 5.74) is -8.49. The first-order chi connectivity index (χ1) is 26.9. The second-order valence-electron chi connectivity index (χ2n) is 19.1. The quantitative estimate of drug-likeness (QED) is 0.214. The standard InChI is InChI=1S/C41H51NO15S/c1-15-10-12-20(13-11-15)58(51,52)42-33-16(2)24-27(39(8)40(9,50)36(49)57-41(33,39)42)31(53-17(3)43)25-23-26(32(54-18(4)44)35(38(24,25)7)55-19(5)45)37(6)21(28(46)29(23)47)14-22-30(56-22)34(37)48/h10-13,16,21-27,29-35,47-48,50H,14H2,1-9H3/t16-,21+,22-,23?,24-,25+,26?,27-,29+,30-,31+,32-,33+,34-,35-,37-,38+,39-,40+,41-,42?/m0/s1. The molecule has 3 N–H and O–H groups in total. The number of aryl methyl sites for hydroxylation is 1. The minimum Gasteiger partial charge on any atom is -0.462 e. The number of esters is 4. The Morgan fingerprint density at radius 1 is 0.845 bits per heavy atom. The SMILES string of the molecule is CC(=O)O[C@H]1[C@@H]2[C@H]([C@H](C)[C@H]3N(S(=O)(=O)c4ccc(C)cc4)[C@]34OC(=O)[C@@](C)(O)[C@]24C)[C@]2(C)[C@@H]1C1C([C@H](OC(C)=O)[C@@H]2OC(C)=O)[C@]2(C)[C@H](C[C@@H]3O[C@@H]3[C@@H]2O)C(=O)[C@@H]1O. The Hall–Kier alpha value is -3.48. The number of sulfonamides is 1. The van der Waals surface area contributed by atoms with Crippen LogP contribution >= 0.6 is 0 Å². The number of rotatable bonds is 5. The fourth-order valence-corrected chi connectivity index (χ4v) is 16.4. The zero-order valence-corrected chi connectivity index (χ0v) is 34.6. The normalized spacial score (nSPS) is 52.9. The van der Waals surface area contributed by atoms with E-state index in [0.717, 1.165) is 9.87 Å². The number of aliphatic hydroxyl groups is 3. The number of hydrogen-bond acceptors (Lipinski definition) is 15. The summed E-state index contributed by atoms with van der Waals surface area (Å²) in [6, 6.07) is 5.03. The first-order valence-electron chi connectivity index (χ1n) is 20.0. The van der Waals surface area contributed by atoms with E-state index < -0.39 is 157 Å². The van der Waals surface area contributed by atoms with Gasteiger partial charge in [-0.1, -0.05) is 45.4 Å². The predicted molar refractivity (Wildman–Crippen MR) is 195 cm³/mol. The fraction of sp³-hybridized carbons (Fsp3) is 0.732. The van der Waals surface area contributed by atoms with E-state index >= 15 is 0 Å². The molecule has 16 nitrogen and oxygen atoms in total. The number of hydrogen-bond donors (Lipinski definition) is 3. The van der Waals surface area contributed by atoms with Crippen LogP contribution in [0.25, 0.3) is 0 Å². The van der Waals surface area contributed by atoms with Gasteiger partial charge in [-0.15, -0.1) is 4.31 Å². The highest BCUT2D eigenvalue weighted by Gasteiger charge is 2.96. The first kappa shape index (κ1) is 40.0. The van der Waals surface area contributed by atoms with Gasteiger partial charge in [0.2, 0.25) is 15.7 Å². The summed E-state index contributed by atoms with van der Waals surface area (Å²) in [5, 5.41) is 37.0. The molecule has 3 unspecified atom stereocenters. The van der Waals surface area contributed by atoms with E-state index in [9.17, 15) is 47.7 Å². The van der Waals surface area contributed by atoms with Gasteiger partial charge in [0.1, 0.15) is 30.5 Å². The maximum Gasteiger partial charge on any atom is 0.340 e. The molecule has 1 spiro atoms. The van der Waals surface area contributed by atoms with E-state index in [1.54, 1.807) is 39.8 Å². The summed E-state index contributed by atoms with van der Waals surface area (Å²) in [6.45, 7) is 13.2. The van der Waals surface area contributed by atoms with Crippen LogP contribution in [-0.4, -0.2) is 118 Å². The molecule has 8 aliphatic rings. The number of fused-ring (bicyclic) bond motifs is 9. The lowest BCUT2D eigenvalue weighted by Crippen LogP contribution is -2.74. The van der Waals surface area contributed by atoms with Crippen LogP contribution in [0.5, 0.6) is 0 Å². The summed E-state index contributed by atoms with van der Waals surface area (Å²) in [5.74, 6) is -11.4. The van der Waals surface area contributed by atoms with Crippen LogP contribution < -0.4 is 0 Å². The van der Waals surface area contributed by atoms with Gasteiger partial charge in [-0.3, -0.25) is 19.2 Å². The highest BCUT2D eigenvalue weighted by Crippen LogP contribution is 2.82. The molecule has 58 heavy (non-hydrogen) atoms. The van der Waals surface area contributed by atoms with Gasteiger partial charge in [-0.05, 0) is 44.2 Å². The van der Waals surface area contributed by atoms with Crippen molar-refractivity contribution in [3.63, 3.8) is 0 Å². The predicted octanol–water partition coefficient (Wildman–Crippen LogP) is 1.04. The number of aliphatic hydroxyl groups excluding tert-OH is 2. The Morgan fingerprint density at radius 3 is 2.00 bits per heavy atom. The molecule has 1 aromatic rings. The van der Waals surface area contributed by atoms with Gasteiger partial charge >= 0.3 is 23.9 Å². The van der Waals surface area contributed by atoms with Gasteiger partial charge in [0.05, 0.1) is 28.6 Å². The van der Waals surface area contributed by atoms with Crippen molar-refractivity contribution >= 4 is 39.7 Å². The number of carbonyl (C=O) groups excluding carboxylic acids is 5. The van der Waals surface area contributed by atoms with Gasteiger partial charge in [-0.2, -0.15) is 0 Å². The molecule has 0 radical (unpaired) electrons. The van der Waals surface area contributed by atoms with Crippen molar-refractivity contribution in [1.82, 2.24) is 4.31 Å². The molecule has 9 rings (SSSR count). The highest BCUT2D eigenvalue weighted by atomic mass is 32.2. The lowest BCUT2D eigenvalue weighted by atomic mass is 9.41. The fourth-order valence-electron chi connectivity index (χ4n) is 14.4. The van der Waals surface area contributed by atoms with E-state index in [-0.39, 0.29) is 11.3 Å². The Balaban J connectivity index is 1.32. The van der Waals surface area contributed by atoms with Crippen LogP contribution in [0.3, 0.4) is 0 Å². The molecule has 5 aliphatic carbocycles. The van der Waals surface area contributed by atoms with Crippen LogP contribution in [0.1, 0.15) is 67.4 Å². The van der Waals surface area contributed by atoms with Crippen LogP contribution in [0.4, 0.5) is 0 Å². The largest absolute Gasteiger partial charge is 0.462 e. The lowest BCUT2D eigenvalue weighted by Gasteiger charge is -2.65. The molecule has 3 heterocycles. The first-order valence-corrected chi connectivity index (χ1v) is 21.5. The smallest absolute Gasteiger partial charge is 0.340 e. The van der Waals surface area contributed by atoms with Gasteiger partial charge < -0.3 is 39.0 Å². The Labute approximate surface area is 335 Å². The van der Waals surface area contributed by atoms with E-state index in [0.29, 0.717) is 0 Å². The van der Waals surface area contributed by atoms with E-state index in [1.165, 1.54) is 46.8 Å². The summed E-state index contributed by atoms with van der Waals surface area (Å²) < 4.78 is 61.4. The topological polar surface area (TPSA) is 233 Å². The number of ether oxygens (including phenoxy) is 5. The zero-order chi connectivity index (χ0) is 42.4. The van der Waals surface area contributed by atoms with Gasteiger partial charge in [0.15, 0.2) is 11.4 Å². The maximum atomic E-state index is 14.8. The minimum atomic E-state index is -4.46. The molecule has 17 heteroatoms. The Morgan fingerprint density at radius 2 is 1.41 bits per heavy atom. The number of carbonyl (C=O) groups is 5. The monoisotopic (exact) mass is 829 g/mol. The molecular formula is C41H51NO15S. The third-order valence-electron chi connectivity index (χ3n) is 16.7. The number of epoxide rings is 1. The number of ketones is 1. The zero-order valence-electron chi connectivity index (χ0n) is 33.8. The molecule has 5 saturated carbocycles. The second kappa shape index (κ2) is 11.9. The summed E-state index contributed by atoms with van der Waals surface area (Å²) in [4.78, 5) is 68.6. The lowest BCUT2D eigenvalue weighted by molar-refractivity contribution is -0.272. The molecule has 3 saturated heterocycles. The highest BCUT2D eigenvalue weighted by molar-refractivity contribution is 7.89. The van der Waals surface area contributed by atoms with Crippen molar-refractivity contribution in [3.8, 4) is 0 Å². The van der Waals surface area contributed by atoms with Crippen LogP contribution in [-0.2, 0) is 57.7 Å². The van der Waals surface area contributed by atoms with Gasteiger partial charge in [0.25, 0.3) is 0 Å². The number of nitrogens with zero attached hydrogens (tertiary/aromatic N) is 1. The molecule has 0 amide bonds. The van der Waals surface area contributed by atoms with E-state index in [1.807, 2.05) is 0 Å². The third kappa shape index (κ3) is 4.42. The Bertz CT molecular complexity index is 2160. The van der Waals surface area contributed by atoms with Crippen LogP contribution in [0.15, 0.2) is 29.2 Å². The van der Waals surface area contributed by atoms with Crippen molar-refractivity contribution in [1.29, 1.82) is 0 Å². The van der Waals surface area contributed by atoms with Gasteiger partial charge in [0, 0.05) is 61.2 Å². The van der Waals surface area contributed by atoms with Crippen LogP contribution in [0, 0.1) is 64.6 Å². The van der Waals surface area contributed by atoms with Crippen molar-refractivity contribution in [2.24, 2.45) is 57.7 Å². The molecule has 0 bridgehead atoms. The average molecular weight is 830 g/mol. The molecule has 3 aliphatic heterocycles. The molecule has 316 valence electrons. The van der Waals surface area contributed by atoms with Gasteiger partial charge in [-0.25, -0.2) is 13.2 Å². The average Bonchev–Trinajstić information content (AvgIpc) is 4.02. The van der Waals surface area contributed by atoms with E-state index in [2.05, 4.69) is 0 Å². The van der Waals surface area contributed by atoms with Crippen molar-refractivity contribution < 1.29 is 71.4 Å². The summed E-state index contributed by atoms with van der Waals surface area (Å²) >= 11 is 0. The molecule has 0 aromatic heterocycles. The summed E-state index contributed by atoms with van der Waals surface area (Å²) in [6.07, 6.45) is -8.15. The summed E-state index contributed by atoms with van der Waals surface area (Å²) in [7, 11) is -4.46. The van der Waals surface area contributed by atoms with E-state index in [4.69, 9.17) is 23.7 Å². The molecular weight excluding hydrogens is 779 g/mol. The van der Waals surface area contributed by atoms with Crippen molar-refractivity contribution in [3.05, 3.63) is 29.8 Å². The Kier molecular flexibility index (Phi) is 8.18. The molecule has 21 atom stereocenters.